The van der Waals surface area contributed by atoms with Crippen molar-refractivity contribution in [3.63, 3.8) is 0 Å². The molecule has 0 heterocycles. The molecule has 0 amide bonds. The predicted octanol–water partition coefficient (Wildman–Crippen LogP) is 11.5. The molecule has 6 atom stereocenters. The minimum atomic E-state index is -2.57. The molecule has 0 radical (unpaired) electrons. The van der Waals surface area contributed by atoms with Crippen molar-refractivity contribution in [2.24, 2.45) is 0 Å². The lowest BCUT2D eigenvalue weighted by atomic mass is 9.88. The summed E-state index contributed by atoms with van der Waals surface area (Å²) in [6.45, 7) is 55.4. The Bertz CT molecular complexity index is 862. The van der Waals surface area contributed by atoms with E-state index in [1.807, 2.05) is 0 Å². The van der Waals surface area contributed by atoms with Crippen LogP contribution in [0.1, 0.15) is 102 Å². The summed E-state index contributed by atoms with van der Waals surface area (Å²) < 4.78 is 22.7. The van der Waals surface area contributed by atoms with E-state index in [9.17, 15) is 0 Å². The van der Waals surface area contributed by atoms with Crippen LogP contribution in [0.5, 0.6) is 0 Å². The van der Waals surface area contributed by atoms with Gasteiger partial charge in [0.25, 0.3) is 0 Å². The molecule has 0 rings (SSSR count). The summed E-state index contributed by atoms with van der Waals surface area (Å²) in [5.74, 6) is 0. The number of hydrogen-bond donors (Lipinski definition) is 0. The predicted molar refractivity (Wildman–Crippen MR) is 200 cm³/mol. The Labute approximate surface area is 265 Å². The van der Waals surface area contributed by atoms with Gasteiger partial charge < -0.3 is 13.3 Å². The fraction of sp³-hybridized carbons (Fsp3) is 0.939. The van der Waals surface area contributed by atoms with E-state index in [-0.39, 0.29) is 21.3 Å². The van der Waals surface area contributed by atoms with Crippen LogP contribution in [0.25, 0.3) is 0 Å². The molecule has 0 saturated heterocycles. The van der Waals surface area contributed by atoms with Crippen LogP contribution in [0.15, 0.2) is 12.3 Å². The van der Waals surface area contributed by atoms with Gasteiger partial charge in [0.05, 0.1) is 19.3 Å². The SMILES string of the molecule is C=C[Si](C)(OC(C)(CC)C(C)(C)[Si](C)(C)OC(CC)[Si](C)(C)C)C(C)(C)C(C)(CC)O[SiH](C)C(C)(CC)[Si](C)(C)C. The first-order valence-electron chi connectivity index (χ1n) is 16.7. The average molecular weight is 661 g/mol. The summed E-state index contributed by atoms with van der Waals surface area (Å²) in [5.41, 5.74) is 1.94. The maximum Gasteiger partial charge on any atom is 0.222 e. The van der Waals surface area contributed by atoms with E-state index < -0.39 is 41.8 Å². The number of rotatable bonds is 18. The largest absolute Gasteiger partial charge is 0.417 e. The maximum atomic E-state index is 7.68. The van der Waals surface area contributed by atoms with Crippen molar-refractivity contribution in [1.29, 1.82) is 0 Å². The highest BCUT2D eigenvalue weighted by Gasteiger charge is 2.62. The van der Waals surface area contributed by atoms with E-state index in [1.54, 1.807) is 0 Å². The van der Waals surface area contributed by atoms with Crippen molar-refractivity contribution >= 4 is 41.8 Å². The monoisotopic (exact) mass is 660 g/mol. The van der Waals surface area contributed by atoms with Crippen molar-refractivity contribution in [3.05, 3.63) is 12.3 Å². The quantitative estimate of drug-likeness (QED) is 0.137. The molecule has 0 saturated carbocycles. The van der Waals surface area contributed by atoms with Gasteiger partial charge in [-0.2, -0.15) is 0 Å². The fourth-order valence-corrected chi connectivity index (χ4v) is 24.8. The molecule has 0 aromatic heterocycles. The Balaban J connectivity index is 6.79. The van der Waals surface area contributed by atoms with Crippen molar-refractivity contribution in [1.82, 2.24) is 0 Å². The Morgan fingerprint density at radius 1 is 0.707 bits per heavy atom. The van der Waals surface area contributed by atoms with Gasteiger partial charge in [-0.3, -0.25) is 0 Å². The van der Waals surface area contributed by atoms with Crippen LogP contribution in [0.2, 0.25) is 80.2 Å². The first kappa shape index (κ1) is 41.7. The second-order valence-corrected chi connectivity index (χ2v) is 40.5. The molecule has 0 spiro atoms. The lowest BCUT2D eigenvalue weighted by molar-refractivity contribution is -0.0102. The molecule has 8 heteroatoms. The maximum absolute atomic E-state index is 7.68. The topological polar surface area (TPSA) is 27.7 Å². The minimum absolute atomic E-state index is 0.112. The van der Waals surface area contributed by atoms with Gasteiger partial charge in [0.15, 0.2) is 17.4 Å². The zero-order valence-corrected chi connectivity index (χ0v) is 37.1. The van der Waals surface area contributed by atoms with E-state index in [0.717, 1.165) is 19.3 Å². The fourth-order valence-electron chi connectivity index (χ4n) is 6.69. The van der Waals surface area contributed by atoms with Crippen LogP contribution < -0.4 is 0 Å². The standard InChI is InChI=1S/C33H76O3Si5/c1-23-28(38(14,15)16)34-40(20,21)29(6,7)32(11,25-3)36-41(22,27-5)30(8,9)31(10,24-2)35-37(13)33(12,26-4)39(17,18)19/h27-28,37H,5,23-26H2,1-4,6-22H3. The minimum Gasteiger partial charge on any atom is -0.417 e. The molecular weight excluding hydrogens is 585 g/mol. The lowest BCUT2D eigenvalue weighted by Crippen LogP contribution is -2.65. The van der Waals surface area contributed by atoms with Gasteiger partial charge in [0.2, 0.25) is 8.32 Å². The smallest absolute Gasteiger partial charge is 0.222 e. The second-order valence-electron chi connectivity index (χ2n) is 17.5. The van der Waals surface area contributed by atoms with Gasteiger partial charge >= 0.3 is 0 Å². The van der Waals surface area contributed by atoms with Crippen LogP contribution in [0.4, 0.5) is 0 Å². The highest BCUT2D eigenvalue weighted by atomic mass is 28.4. The third-order valence-corrected chi connectivity index (χ3v) is 35.6. The Morgan fingerprint density at radius 2 is 1.15 bits per heavy atom. The summed E-state index contributed by atoms with van der Waals surface area (Å²) in [6.07, 6.45) is 4.18. The van der Waals surface area contributed by atoms with Gasteiger partial charge in [-0.25, -0.2) is 0 Å². The molecule has 0 aliphatic carbocycles. The van der Waals surface area contributed by atoms with Crippen LogP contribution >= 0.6 is 0 Å². The molecule has 0 aliphatic heterocycles. The normalized spacial score (nSPS) is 21.7. The molecule has 0 bridgehead atoms. The molecule has 41 heavy (non-hydrogen) atoms. The van der Waals surface area contributed by atoms with Crippen LogP contribution in [-0.4, -0.2) is 58.8 Å². The van der Waals surface area contributed by atoms with Crippen LogP contribution in [-0.2, 0) is 13.3 Å². The molecule has 6 unspecified atom stereocenters. The van der Waals surface area contributed by atoms with Gasteiger partial charge in [-0.1, -0.05) is 114 Å². The third-order valence-electron chi connectivity index (χ3n) is 13.1. The highest BCUT2D eigenvalue weighted by molar-refractivity contribution is 6.90. The van der Waals surface area contributed by atoms with Gasteiger partial charge in [-0.15, -0.1) is 6.58 Å². The lowest BCUT2D eigenvalue weighted by Gasteiger charge is -2.60. The van der Waals surface area contributed by atoms with Gasteiger partial charge in [0.1, 0.15) is 0 Å². The second kappa shape index (κ2) is 13.6. The molecule has 0 aromatic carbocycles. The summed E-state index contributed by atoms with van der Waals surface area (Å²) in [6, 6.07) is 0. The highest BCUT2D eigenvalue weighted by Crippen LogP contribution is 2.59. The van der Waals surface area contributed by atoms with Crippen LogP contribution in [0, 0.1) is 0 Å². The van der Waals surface area contributed by atoms with Crippen molar-refractivity contribution in [2.75, 3.05) is 0 Å². The molecule has 0 N–H and O–H groups in total. The molecule has 246 valence electrons. The summed E-state index contributed by atoms with van der Waals surface area (Å²) in [5, 5.41) is -0.297. The average Bonchev–Trinajstić information content (AvgIpc) is 2.84. The van der Waals surface area contributed by atoms with Crippen molar-refractivity contribution < 1.29 is 13.3 Å². The van der Waals surface area contributed by atoms with Gasteiger partial charge in [0, 0.05) is 23.9 Å². The zero-order valence-electron chi connectivity index (χ0n) is 32.0. The Morgan fingerprint density at radius 3 is 1.44 bits per heavy atom. The van der Waals surface area contributed by atoms with E-state index in [1.165, 1.54) is 6.42 Å². The molecular formula is C33H76O3Si5. The van der Waals surface area contributed by atoms with Crippen LogP contribution in [0.3, 0.4) is 0 Å². The van der Waals surface area contributed by atoms with E-state index in [4.69, 9.17) is 13.3 Å². The van der Waals surface area contributed by atoms with E-state index in [0.29, 0.717) is 10.4 Å². The molecule has 0 aromatic rings. The first-order chi connectivity index (χ1) is 18.0. The molecule has 3 nitrogen and oxygen atoms in total. The summed E-state index contributed by atoms with van der Waals surface area (Å²) in [4.78, 5) is 0. The number of hydrogen-bond acceptors (Lipinski definition) is 3. The van der Waals surface area contributed by atoms with Gasteiger partial charge in [-0.05, 0) is 64.0 Å². The summed E-state index contributed by atoms with van der Waals surface area (Å²) in [7, 11) is -9.21. The Hall–Kier alpha value is 0.704. The molecule has 0 aliphatic rings. The Kier molecular flexibility index (Phi) is 13.8. The zero-order chi connectivity index (χ0) is 33.3. The van der Waals surface area contributed by atoms with Crippen molar-refractivity contribution in [2.45, 2.75) is 199 Å². The summed E-state index contributed by atoms with van der Waals surface area (Å²) >= 11 is 0. The van der Waals surface area contributed by atoms with E-state index >= 15 is 0 Å². The third kappa shape index (κ3) is 7.93. The van der Waals surface area contributed by atoms with E-state index in [2.05, 4.69) is 154 Å². The molecule has 0 fully saturated rings. The first-order valence-corrected chi connectivity index (χ1v) is 31.4. The van der Waals surface area contributed by atoms with Crippen molar-refractivity contribution in [3.8, 4) is 0 Å².